The topological polar surface area (TPSA) is 80.7 Å². The van der Waals surface area contributed by atoms with Gasteiger partial charge in [0, 0.05) is 28.6 Å². The number of nitrogens with one attached hydrogen (secondary N) is 1. The number of halogens is 2. The molecule has 132 valence electrons. The van der Waals surface area contributed by atoms with E-state index in [2.05, 4.69) is 10.3 Å². The summed E-state index contributed by atoms with van der Waals surface area (Å²) in [6.07, 6.45) is 1.41. The number of carboxylic acid groups (broad SMARTS) is 1. The molecule has 0 unspecified atom stereocenters. The van der Waals surface area contributed by atoms with Gasteiger partial charge in [-0.1, -0.05) is 6.07 Å². The number of aliphatic carboxylic acids is 1. The predicted octanol–water partition coefficient (Wildman–Crippen LogP) is 3.41. The number of fused-ring (bicyclic) bond motifs is 2. The lowest BCUT2D eigenvalue weighted by Gasteiger charge is -2.13. The molecule has 8 heteroatoms. The van der Waals surface area contributed by atoms with Gasteiger partial charge < -0.3 is 19.9 Å². The quantitative estimate of drug-likeness (QED) is 0.744. The third-order valence-electron chi connectivity index (χ3n) is 3.99. The summed E-state index contributed by atoms with van der Waals surface area (Å²) in [7, 11) is 0. The predicted molar refractivity (Wildman–Crippen MR) is 89.3 cm³/mol. The third kappa shape index (κ3) is 2.75. The van der Waals surface area contributed by atoms with Crippen molar-refractivity contribution in [1.29, 1.82) is 0 Å². The van der Waals surface area contributed by atoms with Crippen LogP contribution in [0.4, 0.5) is 14.6 Å². The van der Waals surface area contributed by atoms with Gasteiger partial charge in [-0.05, 0) is 23.8 Å². The number of carboxylic acids is 1. The number of hydrogen-bond acceptors (Lipinski definition) is 5. The fourth-order valence-corrected chi connectivity index (χ4v) is 2.88. The van der Waals surface area contributed by atoms with Crippen molar-refractivity contribution < 1.29 is 28.2 Å². The molecule has 0 aliphatic carbocycles. The van der Waals surface area contributed by atoms with Crippen LogP contribution >= 0.6 is 0 Å². The molecule has 1 aromatic heterocycles. The molecular formula is C18H12F2N2O4. The molecule has 1 aliphatic heterocycles. The number of anilines is 1. The van der Waals surface area contributed by atoms with E-state index in [1.54, 1.807) is 18.2 Å². The Balaban J connectivity index is 1.91. The Labute approximate surface area is 146 Å². The Morgan fingerprint density at radius 1 is 1.19 bits per heavy atom. The highest BCUT2D eigenvalue weighted by molar-refractivity contribution is 6.02. The summed E-state index contributed by atoms with van der Waals surface area (Å²) >= 11 is 0. The highest BCUT2D eigenvalue weighted by Crippen LogP contribution is 2.39. The van der Waals surface area contributed by atoms with Crippen LogP contribution in [0, 0.1) is 11.6 Å². The van der Waals surface area contributed by atoms with Crippen molar-refractivity contribution in [2.24, 2.45) is 0 Å². The molecular weight excluding hydrogens is 346 g/mol. The van der Waals surface area contributed by atoms with E-state index >= 15 is 0 Å². The molecule has 6 nitrogen and oxygen atoms in total. The lowest BCUT2D eigenvalue weighted by atomic mass is 9.99. The van der Waals surface area contributed by atoms with Crippen LogP contribution < -0.4 is 14.8 Å². The number of aromatic nitrogens is 1. The standard InChI is InChI=1S/C18H12F2N2O4/c19-10-4-11-17(13(20)5-10)12(6-21-18(11)22-7-16(23)24)9-1-2-14-15(3-9)26-8-25-14/h1-6H,7-8H2,(H,21,22)(H,23,24). The molecule has 0 saturated carbocycles. The molecule has 2 aromatic carbocycles. The molecule has 4 rings (SSSR count). The van der Waals surface area contributed by atoms with Gasteiger partial charge in [-0.3, -0.25) is 4.79 Å². The fourth-order valence-electron chi connectivity index (χ4n) is 2.88. The average Bonchev–Trinajstić information content (AvgIpc) is 3.07. The van der Waals surface area contributed by atoms with E-state index in [4.69, 9.17) is 14.6 Å². The lowest BCUT2D eigenvalue weighted by Crippen LogP contribution is -2.13. The van der Waals surface area contributed by atoms with Crippen LogP contribution in [0.2, 0.25) is 0 Å². The first-order chi connectivity index (χ1) is 12.5. The van der Waals surface area contributed by atoms with Crippen LogP contribution in [0.15, 0.2) is 36.5 Å². The highest BCUT2D eigenvalue weighted by atomic mass is 19.1. The van der Waals surface area contributed by atoms with E-state index in [0.29, 0.717) is 22.6 Å². The Hall–Kier alpha value is -3.42. The summed E-state index contributed by atoms with van der Waals surface area (Å²) in [5.41, 5.74) is 1.04. The molecule has 2 N–H and O–H groups in total. The van der Waals surface area contributed by atoms with E-state index < -0.39 is 24.1 Å². The van der Waals surface area contributed by atoms with Crippen molar-refractivity contribution in [3.63, 3.8) is 0 Å². The molecule has 0 bridgehead atoms. The van der Waals surface area contributed by atoms with E-state index in [-0.39, 0.29) is 23.4 Å². The second kappa shape index (κ2) is 6.14. The van der Waals surface area contributed by atoms with Gasteiger partial charge >= 0.3 is 5.97 Å². The van der Waals surface area contributed by atoms with E-state index in [1.807, 2.05) is 0 Å². The van der Waals surface area contributed by atoms with Crippen molar-refractivity contribution in [3.8, 4) is 22.6 Å². The van der Waals surface area contributed by atoms with Crippen LogP contribution in [0.25, 0.3) is 21.9 Å². The summed E-state index contributed by atoms with van der Waals surface area (Å²) < 4.78 is 38.9. The van der Waals surface area contributed by atoms with Crippen LogP contribution in [-0.2, 0) is 4.79 Å². The second-order valence-corrected chi connectivity index (χ2v) is 5.65. The number of nitrogens with zero attached hydrogens (tertiary/aromatic N) is 1. The average molecular weight is 358 g/mol. The van der Waals surface area contributed by atoms with Crippen LogP contribution in [0.3, 0.4) is 0 Å². The summed E-state index contributed by atoms with van der Waals surface area (Å²) in [5.74, 6) is -1.48. The smallest absolute Gasteiger partial charge is 0.322 e. The van der Waals surface area contributed by atoms with E-state index in [0.717, 1.165) is 12.1 Å². The van der Waals surface area contributed by atoms with Crippen molar-refractivity contribution in [2.45, 2.75) is 0 Å². The molecule has 26 heavy (non-hydrogen) atoms. The zero-order valence-electron chi connectivity index (χ0n) is 13.3. The van der Waals surface area contributed by atoms with Gasteiger partial charge in [0.2, 0.25) is 6.79 Å². The number of ether oxygens (including phenoxy) is 2. The van der Waals surface area contributed by atoms with Crippen molar-refractivity contribution in [1.82, 2.24) is 4.98 Å². The Morgan fingerprint density at radius 2 is 2.00 bits per heavy atom. The normalized spacial score (nSPS) is 12.4. The largest absolute Gasteiger partial charge is 0.480 e. The first-order valence-corrected chi connectivity index (χ1v) is 7.66. The van der Waals surface area contributed by atoms with E-state index in [1.165, 1.54) is 6.20 Å². The number of benzene rings is 2. The van der Waals surface area contributed by atoms with Crippen LogP contribution in [-0.4, -0.2) is 29.4 Å². The molecule has 0 fully saturated rings. The van der Waals surface area contributed by atoms with Crippen LogP contribution in [0.1, 0.15) is 0 Å². The molecule has 3 aromatic rings. The first-order valence-electron chi connectivity index (χ1n) is 7.66. The number of hydrogen-bond donors (Lipinski definition) is 2. The maximum Gasteiger partial charge on any atom is 0.322 e. The van der Waals surface area contributed by atoms with Gasteiger partial charge in [-0.15, -0.1) is 0 Å². The number of pyridine rings is 1. The molecule has 0 amide bonds. The Kier molecular flexibility index (Phi) is 3.80. The van der Waals surface area contributed by atoms with Crippen molar-refractivity contribution >= 4 is 22.6 Å². The third-order valence-corrected chi connectivity index (χ3v) is 3.99. The van der Waals surface area contributed by atoms with E-state index in [9.17, 15) is 13.6 Å². The fraction of sp³-hybridized carbons (Fsp3) is 0.111. The van der Waals surface area contributed by atoms with Gasteiger partial charge in [-0.2, -0.15) is 0 Å². The summed E-state index contributed by atoms with van der Waals surface area (Å²) in [6.45, 7) is -0.320. The minimum absolute atomic E-state index is 0.0882. The zero-order valence-corrected chi connectivity index (χ0v) is 13.3. The summed E-state index contributed by atoms with van der Waals surface area (Å²) in [5, 5.41) is 11.7. The zero-order chi connectivity index (χ0) is 18.3. The Bertz CT molecular complexity index is 1040. The van der Waals surface area contributed by atoms with Gasteiger partial charge in [0.05, 0.1) is 0 Å². The molecule has 0 saturated heterocycles. The minimum atomic E-state index is -1.11. The molecule has 0 spiro atoms. The molecule has 2 heterocycles. The van der Waals surface area contributed by atoms with Crippen LogP contribution in [0.5, 0.6) is 11.5 Å². The highest BCUT2D eigenvalue weighted by Gasteiger charge is 2.19. The van der Waals surface area contributed by atoms with Crippen molar-refractivity contribution in [2.75, 3.05) is 18.7 Å². The molecule has 0 atom stereocenters. The Morgan fingerprint density at radius 3 is 2.81 bits per heavy atom. The minimum Gasteiger partial charge on any atom is -0.480 e. The maximum absolute atomic E-state index is 14.6. The van der Waals surface area contributed by atoms with Crippen molar-refractivity contribution in [3.05, 3.63) is 48.2 Å². The second-order valence-electron chi connectivity index (χ2n) is 5.65. The SMILES string of the molecule is O=C(O)CNc1ncc(-c2ccc3c(c2)OCO3)c2c(F)cc(F)cc12. The van der Waals surface area contributed by atoms with Gasteiger partial charge in [-0.25, -0.2) is 13.8 Å². The van der Waals surface area contributed by atoms with Gasteiger partial charge in [0.1, 0.15) is 24.0 Å². The van der Waals surface area contributed by atoms with Gasteiger partial charge in [0.15, 0.2) is 11.5 Å². The lowest BCUT2D eigenvalue weighted by molar-refractivity contribution is -0.134. The monoisotopic (exact) mass is 358 g/mol. The number of rotatable bonds is 4. The summed E-state index contributed by atoms with van der Waals surface area (Å²) in [6, 6.07) is 7.00. The molecule has 1 aliphatic rings. The van der Waals surface area contributed by atoms with Gasteiger partial charge in [0.25, 0.3) is 0 Å². The molecule has 0 radical (unpaired) electrons. The first kappa shape index (κ1) is 16.1. The summed E-state index contributed by atoms with van der Waals surface area (Å²) in [4.78, 5) is 14.9. The maximum atomic E-state index is 14.6. The number of carbonyl (C=O) groups is 1.